The van der Waals surface area contributed by atoms with Gasteiger partial charge in [0.05, 0.1) is 6.54 Å². The fourth-order valence-electron chi connectivity index (χ4n) is 3.53. The fraction of sp³-hybridized carbons (Fsp3) is 0.588. The second-order valence-electron chi connectivity index (χ2n) is 6.49. The van der Waals surface area contributed by atoms with Crippen molar-refractivity contribution in [3.63, 3.8) is 0 Å². The Morgan fingerprint density at radius 1 is 1.46 bits per heavy atom. The molecule has 7 nitrogen and oxygen atoms in total. The average Bonchev–Trinajstić information content (AvgIpc) is 3.15. The van der Waals surface area contributed by atoms with E-state index in [9.17, 15) is 0 Å². The molecule has 1 aliphatic heterocycles. The van der Waals surface area contributed by atoms with Gasteiger partial charge in [-0.3, -0.25) is 14.8 Å². The molecule has 0 amide bonds. The molecule has 1 saturated heterocycles. The highest BCUT2D eigenvalue weighted by molar-refractivity contribution is 5.17. The summed E-state index contributed by atoms with van der Waals surface area (Å²) in [6, 6.07) is 4.59. The van der Waals surface area contributed by atoms with Gasteiger partial charge in [-0.1, -0.05) is 11.2 Å². The molecule has 0 radical (unpaired) electrons. The summed E-state index contributed by atoms with van der Waals surface area (Å²) in [6.07, 6.45) is 4.99. The molecule has 2 aromatic heterocycles. The predicted molar refractivity (Wildman–Crippen MR) is 89.1 cm³/mol. The monoisotopic (exact) mass is 331 g/mol. The number of ether oxygens (including phenoxy) is 1. The molecule has 0 saturated carbocycles. The van der Waals surface area contributed by atoms with Gasteiger partial charge in [0.15, 0.2) is 5.82 Å². The lowest BCUT2D eigenvalue weighted by Gasteiger charge is -2.28. The van der Waals surface area contributed by atoms with Gasteiger partial charge < -0.3 is 9.26 Å². The zero-order valence-electron chi connectivity index (χ0n) is 14.6. The molecule has 1 fully saturated rings. The van der Waals surface area contributed by atoms with Crippen LogP contribution < -0.4 is 0 Å². The van der Waals surface area contributed by atoms with Crippen molar-refractivity contribution in [2.75, 3.05) is 34.3 Å². The Kier molecular flexibility index (Phi) is 5.55. The van der Waals surface area contributed by atoms with Crippen LogP contribution in [-0.4, -0.2) is 59.2 Å². The van der Waals surface area contributed by atoms with Crippen molar-refractivity contribution >= 4 is 0 Å². The number of likely N-dealkylation sites (tertiary alicyclic amines) is 1. The third-order valence-corrected chi connectivity index (χ3v) is 4.53. The van der Waals surface area contributed by atoms with E-state index in [0.717, 1.165) is 13.1 Å². The molecule has 130 valence electrons. The van der Waals surface area contributed by atoms with Gasteiger partial charge in [0, 0.05) is 32.1 Å². The number of rotatable bonds is 7. The van der Waals surface area contributed by atoms with Gasteiger partial charge in [0.1, 0.15) is 6.61 Å². The molecular weight excluding hydrogens is 306 g/mol. The third-order valence-electron chi connectivity index (χ3n) is 4.53. The first-order valence-electron chi connectivity index (χ1n) is 8.26. The van der Waals surface area contributed by atoms with Crippen molar-refractivity contribution in [3.05, 3.63) is 41.8 Å². The molecule has 0 bridgehead atoms. The third kappa shape index (κ3) is 3.98. The van der Waals surface area contributed by atoms with Crippen LogP contribution in [0.15, 0.2) is 29.0 Å². The van der Waals surface area contributed by atoms with Crippen LogP contribution in [-0.2, 0) is 17.9 Å². The molecule has 3 heterocycles. The maximum absolute atomic E-state index is 5.28. The quantitative estimate of drug-likeness (QED) is 0.765. The van der Waals surface area contributed by atoms with Crippen LogP contribution >= 0.6 is 0 Å². The Bertz CT molecular complexity index is 633. The molecule has 2 aromatic rings. The van der Waals surface area contributed by atoms with Crippen LogP contribution in [0, 0.1) is 5.92 Å². The lowest BCUT2D eigenvalue weighted by Crippen LogP contribution is -2.30. The molecule has 24 heavy (non-hydrogen) atoms. The predicted octanol–water partition coefficient (Wildman–Crippen LogP) is 1.74. The largest absolute Gasteiger partial charge is 0.377 e. The van der Waals surface area contributed by atoms with Crippen molar-refractivity contribution < 1.29 is 9.26 Å². The topological polar surface area (TPSA) is 67.5 Å². The van der Waals surface area contributed by atoms with E-state index in [-0.39, 0.29) is 0 Å². The second-order valence-corrected chi connectivity index (χ2v) is 6.49. The number of methoxy groups -OCH3 is 1. The van der Waals surface area contributed by atoms with Crippen molar-refractivity contribution in [1.82, 2.24) is 24.9 Å². The minimum absolute atomic E-state index is 0.379. The highest BCUT2D eigenvalue weighted by atomic mass is 16.5. The van der Waals surface area contributed by atoms with E-state index in [1.807, 2.05) is 18.5 Å². The molecule has 0 spiro atoms. The Hall–Kier alpha value is -1.83. The van der Waals surface area contributed by atoms with E-state index in [4.69, 9.17) is 9.26 Å². The summed E-state index contributed by atoms with van der Waals surface area (Å²) >= 11 is 0. The van der Waals surface area contributed by atoms with Crippen LogP contribution in [0.25, 0.3) is 0 Å². The van der Waals surface area contributed by atoms with Crippen molar-refractivity contribution in [1.29, 1.82) is 0 Å². The van der Waals surface area contributed by atoms with E-state index in [1.165, 1.54) is 12.0 Å². The molecule has 7 heteroatoms. The van der Waals surface area contributed by atoms with E-state index in [2.05, 4.69) is 45.1 Å². The van der Waals surface area contributed by atoms with Crippen LogP contribution in [0.5, 0.6) is 0 Å². The molecular formula is C17H25N5O2. The van der Waals surface area contributed by atoms with Crippen molar-refractivity contribution in [2.45, 2.75) is 25.6 Å². The Labute approximate surface area is 142 Å². The maximum Gasteiger partial charge on any atom is 0.240 e. The molecule has 3 rings (SSSR count). The first-order chi connectivity index (χ1) is 11.7. The van der Waals surface area contributed by atoms with Crippen LogP contribution in [0.2, 0.25) is 0 Å². The summed E-state index contributed by atoms with van der Waals surface area (Å²) in [5.74, 6) is 1.79. The van der Waals surface area contributed by atoms with Crippen molar-refractivity contribution in [3.8, 4) is 0 Å². The summed E-state index contributed by atoms with van der Waals surface area (Å²) in [5.41, 5.74) is 1.29. The number of aromatic nitrogens is 3. The zero-order valence-corrected chi connectivity index (χ0v) is 14.6. The SMILES string of the molecule is COCc1noc(CN(C)C[C@@H]2CCN(C)[C@H]2c2cccnc2)n1. The minimum atomic E-state index is 0.379. The Balaban J connectivity index is 1.61. The Morgan fingerprint density at radius 2 is 2.33 bits per heavy atom. The molecule has 0 N–H and O–H groups in total. The molecule has 0 aromatic carbocycles. The molecule has 1 aliphatic rings. The number of nitrogens with zero attached hydrogens (tertiary/aromatic N) is 5. The van der Waals surface area contributed by atoms with Crippen molar-refractivity contribution in [2.24, 2.45) is 5.92 Å². The summed E-state index contributed by atoms with van der Waals surface area (Å²) < 4.78 is 10.3. The number of hydrogen-bond acceptors (Lipinski definition) is 7. The van der Waals surface area contributed by atoms with Gasteiger partial charge in [-0.15, -0.1) is 0 Å². The lowest BCUT2D eigenvalue weighted by atomic mass is 9.94. The van der Waals surface area contributed by atoms with Gasteiger partial charge >= 0.3 is 0 Å². The fourth-order valence-corrected chi connectivity index (χ4v) is 3.53. The Morgan fingerprint density at radius 3 is 3.08 bits per heavy atom. The smallest absolute Gasteiger partial charge is 0.240 e. The van der Waals surface area contributed by atoms with Gasteiger partial charge in [0.25, 0.3) is 0 Å². The van der Waals surface area contributed by atoms with Crippen LogP contribution in [0.1, 0.15) is 29.7 Å². The maximum atomic E-state index is 5.28. The number of hydrogen-bond donors (Lipinski definition) is 0. The standard InChI is InChI=1S/C17H25N5O2/c1-21(11-16-19-15(12-23-3)20-24-16)10-14-6-8-22(2)17(14)13-5-4-7-18-9-13/h4-5,7,9,14,17H,6,8,10-12H2,1-3H3/t14-,17-/m0/s1. The highest BCUT2D eigenvalue weighted by Gasteiger charge is 2.33. The van der Waals surface area contributed by atoms with Gasteiger partial charge in [0.2, 0.25) is 5.89 Å². The van der Waals surface area contributed by atoms with Gasteiger partial charge in [-0.2, -0.15) is 4.98 Å². The normalized spacial score (nSPS) is 21.7. The summed E-state index contributed by atoms with van der Waals surface area (Å²) in [7, 11) is 5.91. The number of pyridine rings is 1. The summed E-state index contributed by atoms with van der Waals surface area (Å²) in [5, 5.41) is 3.91. The molecule has 0 unspecified atom stereocenters. The summed E-state index contributed by atoms with van der Waals surface area (Å²) in [6.45, 7) is 3.11. The van der Waals surface area contributed by atoms with Crippen LogP contribution in [0.3, 0.4) is 0 Å². The molecule has 0 aliphatic carbocycles. The molecule has 2 atom stereocenters. The van der Waals surface area contributed by atoms with E-state index < -0.39 is 0 Å². The lowest BCUT2D eigenvalue weighted by molar-refractivity contribution is 0.174. The van der Waals surface area contributed by atoms with E-state index in [0.29, 0.717) is 36.8 Å². The first kappa shape index (κ1) is 17.0. The van der Waals surface area contributed by atoms with E-state index >= 15 is 0 Å². The van der Waals surface area contributed by atoms with E-state index in [1.54, 1.807) is 7.11 Å². The first-order valence-corrected chi connectivity index (χ1v) is 8.26. The van der Waals surface area contributed by atoms with Gasteiger partial charge in [-0.25, -0.2) is 0 Å². The highest BCUT2D eigenvalue weighted by Crippen LogP contribution is 2.36. The minimum Gasteiger partial charge on any atom is -0.377 e. The van der Waals surface area contributed by atoms with Crippen LogP contribution in [0.4, 0.5) is 0 Å². The average molecular weight is 331 g/mol. The van der Waals surface area contributed by atoms with Gasteiger partial charge in [-0.05, 0) is 44.6 Å². The zero-order chi connectivity index (χ0) is 16.9. The second kappa shape index (κ2) is 7.83. The summed E-state index contributed by atoms with van der Waals surface area (Å²) in [4.78, 5) is 13.3.